The van der Waals surface area contributed by atoms with Crippen molar-refractivity contribution in [3.05, 3.63) is 176 Å². The van der Waals surface area contributed by atoms with Crippen LogP contribution < -0.4 is 0 Å². The quantitative estimate of drug-likeness (QED) is 0.184. The molecule has 0 aliphatic heterocycles. The van der Waals surface area contributed by atoms with Crippen molar-refractivity contribution >= 4 is 21.9 Å². The van der Waals surface area contributed by atoms with Gasteiger partial charge in [-0.2, -0.15) is 0 Å². The second-order valence-corrected chi connectivity index (χ2v) is 12.1. The predicted octanol–water partition coefficient (Wildman–Crippen LogP) is 11.8. The van der Waals surface area contributed by atoms with E-state index < -0.39 is 0 Å². The number of hydrogen-bond donors (Lipinski definition) is 0. The first-order valence-electron chi connectivity index (χ1n) is 16.4. The van der Waals surface area contributed by atoms with Gasteiger partial charge in [-0.25, -0.2) is 15.0 Å². The highest BCUT2D eigenvalue weighted by molar-refractivity contribution is 6.07. The van der Waals surface area contributed by atoms with Crippen LogP contribution in [-0.2, 0) is 0 Å². The Hall–Kier alpha value is -6.65. The van der Waals surface area contributed by atoms with Gasteiger partial charge in [0, 0.05) is 27.5 Å². The number of aromatic nitrogens is 3. The molecular formula is C45H29N3O. The van der Waals surface area contributed by atoms with Crippen molar-refractivity contribution in [3.63, 3.8) is 0 Å². The van der Waals surface area contributed by atoms with Crippen LogP contribution in [-0.4, -0.2) is 15.0 Å². The molecule has 0 aliphatic rings. The third kappa shape index (κ3) is 5.56. The predicted molar refractivity (Wildman–Crippen MR) is 200 cm³/mol. The summed E-state index contributed by atoms with van der Waals surface area (Å²) in [6.45, 7) is 0. The lowest BCUT2D eigenvalue weighted by Crippen LogP contribution is -2.00. The fourth-order valence-corrected chi connectivity index (χ4v) is 6.40. The lowest BCUT2D eigenvalue weighted by atomic mass is 9.96. The van der Waals surface area contributed by atoms with Crippen molar-refractivity contribution in [2.24, 2.45) is 0 Å². The Morgan fingerprint density at radius 2 is 0.612 bits per heavy atom. The molecular weight excluding hydrogens is 599 g/mol. The monoisotopic (exact) mass is 627 g/mol. The van der Waals surface area contributed by atoms with Gasteiger partial charge in [-0.05, 0) is 69.8 Å². The molecule has 0 unspecified atom stereocenters. The van der Waals surface area contributed by atoms with Crippen LogP contribution in [0.4, 0.5) is 0 Å². The molecule has 49 heavy (non-hydrogen) atoms. The molecule has 0 radical (unpaired) electrons. The molecule has 0 amide bonds. The summed E-state index contributed by atoms with van der Waals surface area (Å²) in [7, 11) is 0. The molecule has 4 heteroatoms. The van der Waals surface area contributed by atoms with Gasteiger partial charge >= 0.3 is 0 Å². The lowest BCUT2D eigenvalue weighted by molar-refractivity contribution is 0.669. The molecule has 0 bridgehead atoms. The van der Waals surface area contributed by atoms with Crippen LogP contribution in [0.5, 0.6) is 0 Å². The van der Waals surface area contributed by atoms with Gasteiger partial charge < -0.3 is 4.42 Å². The molecule has 230 valence electrons. The second kappa shape index (κ2) is 12.2. The standard InChI is InChI=1S/C45H29N3O/c1-4-11-30(12-5-1)31-19-21-32(22-20-31)35-17-10-18-36(27-35)37-23-25-41-39(28-37)40-29-38(24-26-42(40)49-41)45-47-43(33-13-6-2-7-14-33)46-44(48-45)34-15-8-3-9-16-34/h1-29H. The molecule has 0 spiro atoms. The third-order valence-electron chi connectivity index (χ3n) is 8.95. The normalized spacial score (nSPS) is 11.3. The van der Waals surface area contributed by atoms with Crippen molar-refractivity contribution in [2.45, 2.75) is 0 Å². The van der Waals surface area contributed by atoms with Gasteiger partial charge in [-0.15, -0.1) is 0 Å². The first-order chi connectivity index (χ1) is 24.2. The second-order valence-electron chi connectivity index (χ2n) is 12.1. The van der Waals surface area contributed by atoms with Crippen LogP contribution in [0.25, 0.3) is 89.5 Å². The summed E-state index contributed by atoms with van der Waals surface area (Å²) in [6, 6.07) is 60.6. The Labute approximate surface area is 284 Å². The van der Waals surface area contributed by atoms with Crippen LogP contribution in [0.15, 0.2) is 180 Å². The topological polar surface area (TPSA) is 51.8 Å². The van der Waals surface area contributed by atoms with E-state index >= 15 is 0 Å². The molecule has 0 N–H and O–H groups in total. The Morgan fingerprint density at radius 3 is 1.16 bits per heavy atom. The van der Waals surface area contributed by atoms with Crippen molar-refractivity contribution in [3.8, 4) is 67.5 Å². The molecule has 0 saturated carbocycles. The summed E-state index contributed by atoms with van der Waals surface area (Å²) >= 11 is 0. The number of rotatable bonds is 6. The van der Waals surface area contributed by atoms with Crippen LogP contribution in [0.1, 0.15) is 0 Å². The van der Waals surface area contributed by atoms with E-state index in [9.17, 15) is 0 Å². The smallest absolute Gasteiger partial charge is 0.164 e. The number of benzene rings is 7. The van der Waals surface area contributed by atoms with Crippen LogP contribution in [0.2, 0.25) is 0 Å². The number of fused-ring (bicyclic) bond motifs is 3. The summed E-state index contributed by atoms with van der Waals surface area (Å²) in [4.78, 5) is 14.7. The minimum absolute atomic E-state index is 0.617. The number of hydrogen-bond acceptors (Lipinski definition) is 4. The minimum Gasteiger partial charge on any atom is -0.456 e. The van der Waals surface area contributed by atoms with Gasteiger partial charge in [-0.1, -0.05) is 140 Å². The summed E-state index contributed by atoms with van der Waals surface area (Å²) < 4.78 is 6.31. The Balaban J connectivity index is 1.10. The van der Waals surface area contributed by atoms with Gasteiger partial charge in [0.25, 0.3) is 0 Å². The SMILES string of the molecule is c1ccc(-c2ccc(-c3cccc(-c4ccc5oc6ccc(-c7nc(-c8ccccc8)nc(-c8ccccc8)n7)cc6c5c4)c3)cc2)cc1. The van der Waals surface area contributed by atoms with E-state index in [-0.39, 0.29) is 0 Å². The number of nitrogens with zero attached hydrogens (tertiary/aromatic N) is 3. The van der Waals surface area contributed by atoms with Gasteiger partial charge in [-0.3, -0.25) is 0 Å². The van der Waals surface area contributed by atoms with Crippen LogP contribution in [0, 0.1) is 0 Å². The maximum atomic E-state index is 6.31. The first kappa shape index (κ1) is 28.6. The van der Waals surface area contributed by atoms with E-state index in [1.165, 1.54) is 22.3 Å². The zero-order chi connectivity index (χ0) is 32.6. The zero-order valence-electron chi connectivity index (χ0n) is 26.5. The average Bonchev–Trinajstić information content (AvgIpc) is 3.56. The number of furan rings is 1. The molecule has 0 atom stereocenters. The highest BCUT2D eigenvalue weighted by atomic mass is 16.3. The molecule has 9 aromatic rings. The average molecular weight is 628 g/mol. The minimum atomic E-state index is 0.617. The molecule has 0 fully saturated rings. The zero-order valence-corrected chi connectivity index (χ0v) is 26.5. The van der Waals surface area contributed by atoms with Gasteiger partial charge in [0.1, 0.15) is 11.2 Å². The largest absolute Gasteiger partial charge is 0.456 e. The summed E-state index contributed by atoms with van der Waals surface area (Å²) in [6.07, 6.45) is 0. The molecule has 2 heterocycles. The Kier molecular flexibility index (Phi) is 7.10. The molecule has 9 rings (SSSR count). The highest BCUT2D eigenvalue weighted by Crippen LogP contribution is 2.36. The van der Waals surface area contributed by atoms with Gasteiger partial charge in [0.2, 0.25) is 0 Å². The van der Waals surface area contributed by atoms with Crippen molar-refractivity contribution < 1.29 is 4.42 Å². The highest BCUT2D eigenvalue weighted by Gasteiger charge is 2.15. The van der Waals surface area contributed by atoms with E-state index in [0.29, 0.717) is 17.5 Å². The third-order valence-corrected chi connectivity index (χ3v) is 8.95. The molecule has 0 saturated heterocycles. The van der Waals surface area contributed by atoms with E-state index in [4.69, 9.17) is 19.4 Å². The fraction of sp³-hybridized carbons (Fsp3) is 0. The molecule has 2 aromatic heterocycles. The van der Waals surface area contributed by atoms with Crippen molar-refractivity contribution in [1.82, 2.24) is 15.0 Å². The molecule has 4 nitrogen and oxygen atoms in total. The van der Waals surface area contributed by atoms with Gasteiger partial charge in [0.15, 0.2) is 17.5 Å². The van der Waals surface area contributed by atoms with E-state index in [1.807, 2.05) is 78.9 Å². The Bertz CT molecular complexity index is 2520. The molecule has 0 aliphatic carbocycles. The van der Waals surface area contributed by atoms with Gasteiger partial charge in [0.05, 0.1) is 0 Å². The van der Waals surface area contributed by atoms with Crippen LogP contribution in [0.3, 0.4) is 0 Å². The van der Waals surface area contributed by atoms with E-state index in [0.717, 1.165) is 49.8 Å². The van der Waals surface area contributed by atoms with Crippen molar-refractivity contribution in [2.75, 3.05) is 0 Å². The lowest BCUT2D eigenvalue weighted by Gasteiger charge is -2.09. The first-order valence-corrected chi connectivity index (χ1v) is 16.4. The summed E-state index contributed by atoms with van der Waals surface area (Å²) in [5.41, 5.74) is 11.5. The summed E-state index contributed by atoms with van der Waals surface area (Å²) in [5.74, 6) is 1.89. The van der Waals surface area contributed by atoms with Crippen molar-refractivity contribution in [1.29, 1.82) is 0 Å². The van der Waals surface area contributed by atoms with E-state index in [1.54, 1.807) is 0 Å². The van der Waals surface area contributed by atoms with E-state index in [2.05, 4.69) is 97.1 Å². The maximum Gasteiger partial charge on any atom is 0.164 e. The fourth-order valence-electron chi connectivity index (χ4n) is 6.40. The maximum absolute atomic E-state index is 6.31. The van der Waals surface area contributed by atoms with Crippen LogP contribution >= 0.6 is 0 Å². The summed E-state index contributed by atoms with van der Waals surface area (Å²) in [5, 5.41) is 2.07. The molecule has 7 aromatic carbocycles. The Morgan fingerprint density at radius 1 is 0.265 bits per heavy atom.